The van der Waals surface area contributed by atoms with Crippen molar-refractivity contribution in [3.05, 3.63) is 42.6 Å². The van der Waals surface area contributed by atoms with Crippen LogP contribution in [-0.4, -0.2) is 54.4 Å². The molecule has 1 atom stereocenters. The van der Waals surface area contributed by atoms with Crippen LogP contribution in [0.4, 0.5) is 11.5 Å². The summed E-state index contributed by atoms with van der Waals surface area (Å²) in [6.45, 7) is 4.07. The van der Waals surface area contributed by atoms with Crippen LogP contribution < -0.4 is 4.90 Å². The first kappa shape index (κ1) is 16.3. The summed E-state index contributed by atoms with van der Waals surface area (Å²) in [6, 6.07) is 13.0. The van der Waals surface area contributed by atoms with E-state index in [1.54, 1.807) is 11.8 Å². The van der Waals surface area contributed by atoms with Crippen LogP contribution in [-0.2, 0) is 0 Å². The number of aromatic nitrogens is 1. The van der Waals surface area contributed by atoms with Gasteiger partial charge in [0, 0.05) is 11.1 Å². The Hall–Kier alpha value is -1.56. The van der Waals surface area contributed by atoms with Crippen molar-refractivity contribution < 1.29 is 9.59 Å². The van der Waals surface area contributed by atoms with Crippen LogP contribution in [0, 0.1) is 0 Å². The third-order valence-electron chi connectivity index (χ3n) is 4.70. The molecule has 0 aliphatic carbocycles. The lowest BCUT2D eigenvalue weighted by Crippen LogP contribution is -2.53. The van der Waals surface area contributed by atoms with Crippen LogP contribution in [0.2, 0.25) is 0 Å². The molecule has 1 N–H and O–H groups in total. The standard InChI is InChI=1S/C18H24N3OS/c1-14(21(2,3)11-12-22)13-20-15-7-4-5-8-16(15)23-17-9-6-10-19-18(17)20/h4-10,14,22H,11-13H2,1-3H3/q+1. The zero-order valence-corrected chi connectivity index (χ0v) is 14.8. The highest BCUT2D eigenvalue weighted by atomic mass is 32.2. The molecule has 1 aliphatic rings. The predicted molar refractivity (Wildman–Crippen MR) is 95.3 cm³/mol. The smallest absolute Gasteiger partial charge is 0.147 e. The monoisotopic (exact) mass is 330 g/mol. The van der Waals surface area contributed by atoms with Crippen molar-refractivity contribution in [2.45, 2.75) is 22.8 Å². The van der Waals surface area contributed by atoms with E-state index in [0.717, 1.165) is 23.4 Å². The minimum atomic E-state index is 0.207. The molecule has 0 bridgehead atoms. The Morgan fingerprint density at radius 3 is 2.70 bits per heavy atom. The molecule has 0 radical (unpaired) electrons. The SMILES string of the molecule is CC(CN1c2ccccc2Sc2cccnc21)[N+](C)(C)CCO. The molecule has 0 saturated heterocycles. The number of likely N-dealkylation sites (N-methyl/N-ethyl adjacent to an activating group) is 1. The molecule has 3 rings (SSSR count). The van der Waals surface area contributed by atoms with Gasteiger partial charge < -0.3 is 14.5 Å². The van der Waals surface area contributed by atoms with Gasteiger partial charge in [-0.25, -0.2) is 4.98 Å². The lowest BCUT2D eigenvalue weighted by molar-refractivity contribution is -0.911. The quantitative estimate of drug-likeness (QED) is 0.855. The number of rotatable bonds is 5. The van der Waals surface area contributed by atoms with Gasteiger partial charge in [-0.05, 0) is 31.2 Å². The van der Waals surface area contributed by atoms with Crippen molar-refractivity contribution in [3.63, 3.8) is 0 Å². The van der Waals surface area contributed by atoms with Gasteiger partial charge in [-0.15, -0.1) is 0 Å². The number of hydrogen-bond acceptors (Lipinski definition) is 4. The van der Waals surface area contributed by atoms with Crippen LogP contribution in [0.3, 0.4) is 0 Å². The van der Waals surface area contributed by atoms with Crippen molar-refractivity contribution in [1.29, 1.82) is 0 Å². The molecule has 0 fully saturated rings. The van der Waals surface area contributed by atoms with Crippen LogP contribution in [0.15, 0.2) is 52.4 Å². The highest BCUT2D eigenvalue weighted by Gasteiger charge is 2.30. The lowest BCUT2D eigenvalue weighted by Gasteiger charge is -2.40. The first-order valence-electron chi connectivity index (χ1n) is 7.96. The van der Waals surface area contributed by atoms with Gasteiger partial charge in [0.25, 0.3) is 0 Å². The Morgan fingerprint density at radius 2 is 1.91 bits per heavy atom. The fraction of sp³-hybridized carbons (Fsp3) is 0.389. The number of aliphatic hydroxyl groups is 1. The van der Waals surface area contributed by atoms with E-state index in [4.69, 9.17) is 0 Å². The molecule has 0 amide bonds. The number of benzene rings is 1. The predicted octanol–water partition coefficient (Wildman–Crippen LogP) is 3.14. The third-order valence-corrected chi connectivity index (χ3v) is 5.80. The first-order chi connectivity index (χ1) is 11.0. The number of aliphatic hydroxyl groups excluding tert-OH is 1. The first-order valence-corrected chi connectivity index (χ1v) is 8.77. The molecule has 122 valence electrons. The summed E-state index contributed by atoms with van der Waals surface area (Å²) >= 11 is 1.78. The van der Waals surface area contributed by atoms with Crippen molar-refractivity contribution in [2.24, 2.45) is 0 Å². The van der Waals surface area contributed by atoms with Gasteiger partial charge in [0.05, 0.1) is 37.8 Å². The average molecular weight is 330 g/mol. The van der Waals surface area contributed by atoms with Crippen molar-refractivity contribution >= 4 is 23.3 Å². The zero-order valence-electron chi connectivity index (χ0n) is 13.9. The molecule has 4 nitrogen and oxygen atoms in total. The van der Waals surface area contributed by atoms with Crippen molar-refractivity contribution in [2.75, 3.05) is 38.7 Å². The number of nitrogens with zero attached hydrogens (tertiary/aromatic N) is 3. The average Bonchev–Trinajstić information content (AvgIpc) is 2.54. The van der Waals surface area contributed by atoms with Crippen LogP contribution in [0.25, 0.3) is 0 Å². The maximum absolute atomic E-state index is 9.33. The summed E-state index contributed by atoms with van der Waals surface area (Å²) in [5.74, 6) is 1.03. The molecule has 0 saturated carbocycles. The summed E-state index contributed by atoms with van der Waals surface area (Å²) in [6.07, 6.45) is 1.86. The minimum absolute atomic E-state index is 0.207. The van der Waals surface area contributed by atoms with E-state index in [0.29, 0.717) is 6.04 Å². The van der Waals surface area contributed by atoms with E-state index in [9.17, 15) is 5.11 Å². The van der Waals surface area contributed by atoms with Gasteiger partial charge in [0.2, 0.25) is 0 Å². The second-order valence-corrected chi connectivity index (χ2v) is 7.66. The van der Waals surface area contributed by atoms with Gasteiger partial charge in [-0.2, -0.15) is 0 Å². The Balaban J connectivity index is 1.95. The number of fused-ring (bicyclic) bond motifs is 2. The second-order valence-electron chi connectivity index (χ2n) is 6.58. The molecule has 0 spiro atoms. The van der Waals surface area contributed by atoms with E-state index in [1.165, 1.54) is 15.5 Å². The third kappa shape index (κ3) is 3.22. The molecular weight excluding hydrogens is 306 g/mol. The summed E-state index contributed by atoms with van der Waals surface area (Å²) in [5.41, 5.74) is 1.22. The molecule has 1 aromatic carbocycles. The number of anilines is 2. The van der Waals surface area contributed by atoms with E-state index in [1.807, 2.05) is 12.3 Å². The molecule has 23 heavy (non-hydrogen) atoms. The molecule has 2 aromatic rings. The maximum atomic E-state index is 9.33. The van der Waals surface area contributed by atoms with Gasteiger partial charge in [0.15, 0.2) is 0 Å². The van der Waals surface area contributed by atoms with E-state index in [2.05, 4.69) is 61.2 Å². The van der Waals surface area contributed by atoms with Crippen LogP contribution in [0.5, 0.6) is 0 Å². The van der Waals surface area contributed by atoms with Crippen LogP contribution >= 0.6 is 11.8 Å². The normalized spacial score (nSPS) is 15.0. The molecule has 1 aromatic heterocycles. The molecule has 2 heterocycles. The number of para-hydroxylation sites is 1. The van der Waals surface area contributed by atoms with Gasteiger partial charge in [-0.1, -0.05) is 23.9 Å². The largest absolute Gasteiger partial charge is 0.391 e. The van der Waals surface area contributed by atoms with E-state index >= 15 is 0 Å². The van der Waals surface area contributed by atoms with E-state index in [-0.39, 0.29) is 6.61 Å². The second kappa shape index (κ2) is 6.51. The molecule has 5 heteroatoms. The summed E-state index contributed by atoms with van der Waals surface area (Å²) in [4.78, 5) is 9.42. The Bertz CT molecular complexity index is 644. The Kier molecular flexibility index (Phi) is 4.62. The Labute approximate surface area is 142 Å². The van der Waals surface area contributed by atoms with Crippen LogP contribution in [0.1, 0.15) is 6.92 Å². The van der Waals surface area contributed by atoms with Gasteiger partial charge >= 0.3 is 0 Å². The highest BCUT2D eigenvalue weighted by molar-refractivity contribution is 7.99. The highest BCUT2D eigenvalue weighted by Crippen LogP contribution is 2.46. The molecule has 1 unspecified atom stereocenters. The lowest BCUT2D eigenvalue weighted by atomic mass is 10.2. The molecule has 1 aliphatic heterocycles. The number of pyridine rings is 1. The topological polar surface area (TPSA) is 36.4 Å². The summed E-state index contributed by atoms with van der Waals surface area (Å²) < 4.78 is 0.782. The number of quaternary nitrogens is 1. The Morgan fingerprint density at radius 1 is 1.17 bits per heavy atom. The maximum Gasteiger partial charge on any atom is 0.147 e. The fourth-order valence-electron chi connectivity index (χ4n) is 2.81. The summed E-state index contributed by atoms with van der Waals surface area (Å²) in [5, 5.41) is 9.33. The summed E-state index contributed by atoms with van der Waals surface area (Å²) in [7, 11) is 4.34. The van der Waals surface area contributed by atoms with Crippen molar-refractivity contribution in [3.8, 4) is 0 Å². The number of hydrogen-bond donors (Lipinski definition) is 1. The minimum Gasteiger partial charge on any atom is -0.391 e. The van der Waals surface area contributed by atoms with Gasteiger partial charge in [0.1, 0.15) is 18.4 Å². The van der Waals surface area contributed by atoms with E-state index < -0.39 is 0 Å². The zero-order chi connectivity index (χ0) is 16.4. The van der Waals surface area contributed by atoms with Gasteiger partial charge in [-0.3, -0.25) is 0 Å². The molecular formula is C18H24N3OS+. The van der Waals surface area contributed by atoms with Crippen molar-refractivity contribution in [1.82, 2.24) is 4.98 Å². The fourth-order valence-corrected chi connectivity index (χ4v) is 3.88.